The van der Waals surface area contributed by atoms with E-state index in [1.54, 1.807) is 7.11 Å². The van der Waals surface area contributed by atoms with Crippen LogP contribution in [-0.4, -0.2) is 65.9 Å². The number of rotatable bonds is 9. The molecule has 7 nitrogen and oxygen atoms in total. The smallest absolute Gasteiger partial charge is 0.253 e. The van der Waals surface area contributed by atoms with Gasteiger partial charge in [-0.15, -0.1) is 0 Å². The van der Waals surface area contributed by atoms with E-state index in [0.29, 0.717) is 25.1 Å². The summed E-state index contributed by atoms with van der Waals surface area (Å²) in [5.74, 6) is 0.660. The fraction of sp³-hybridized carbons (Fsp3) is 0.667. The van der Waals surface area contributed by atoms with Gasteiger partial charge in [-0.3, -0.25) is 9.78 Å². The van der Waals surface area contributed by atoms with Crippen molar-refractivity contribution in [3.05, 3.63) is 29.7 Å². The Bertz CT molecular complexity index is 928. The van der Waals surface area contributed by atoms with Crippen molar-refractivity contribution in [3.63, 3.8) is 0 Å². The fourth-order valence-corrected chi connectivity index (χ4v) is 4.76. The summed E-state index contributed by atoms with van der Waals surface area (Å²) >= 11 is 0. The van der Waals surface area contributed by atoms with Gasteiger partial charge in [-0.05, 0) is 51.2 Å². The number of aryl methyl sites for hydroxylation is 1. The van der Waals surface area contributed by atoms with Gasteiger partial charge in [-0.25, -0.2) is 0 Å². The lowest BCUT2D eigenvalue weighted by Gasteiger charge is -2.34. The van der Waals surface area contributed by atoms with Gasteiger partial charge in [0.25, 0.3) is 5.91 Å². The van der Waals surface area contributed by atoms with E-state index in [-0.39, 0.29) is 18.1 Å². The number of amides is 1. The second-order valence-electron chi connectivity index (χ2n) is 9.21. The van der Waals surface area contributed by atoms with Crippen molar-refractivity contribution in [3.8, 4) is 0 Å². The SMILES string of the molecule is COCCCn1ccc2c(C3CC3)nc([C@@H](C)N(C(=O)[C@H]3CNCCO3)C3CC3)cc21. The molecule has 5 rings (SSSR count). The highest BCUT2D eigenvalue weighted by Crippen LogP contribution is 2.44. The molecule has 31 heavy (non-hydrogen) atoms. The number of nitrogens with zero attached hydrogens (tertiary/aromatic N) is 3. The van der Waals surface area contributed by atoms with Crippen molar-refractivity contribution >= 4 is 16.8 Å². The number of morpholine rings is 1. The molecule has 2 atom stereocenters. The van der Waals surface area contributed by atoms with Crippen LogP contribution in [0, 0.1) is 0 Å². The van der Waals surface area contributed by atoms with Crippen LogP contribution in [0.2, 0.25) is 0 Å². The summed E-state index contributed by atoms with van der Waals surface area (Å²) in [6.07, 6.45) is 7.33. The summed E-state index contributed by atoms with van der Waals surface area (Å²) < 4.78 is 13.4. The molecule has 0 spiro atoms. The van der Waals surface area contributed by atoms with Gasteiger partial charge < -0.3 is 24.3 Å². The average Bonchev–Trinajstić information content (AvgIpc) is 3.72. The predicted molar refractivity (Wildman–Crippen MR) is 119 cm³/mol. The Morgan fingerprint density at radius 1 is 1.39 bits per heavy atom. The summed E-state index contributed by atoms with van der Waals surface area (Å²) in [6.45, 7) is 5.81. The molecule has 0 unspecified atom stereocenters. The van der Waals surface area contributed by atoms with Crippen LogP contribution in [0.25, 0.3) is 10.9 Å². The molecule has 3 aliphatic rings. The molecule has 1 amide bonds. The van der Waals surface area contributed by atoms with Crippen molar-refractivity contribution in [2.24, 2.45) is 0 Å². The summed E-state index contributed by atoms with van der Waals surface area (Å²) in [7, 11) is 1.75. The minimum Gasteiger partial charge on any atom is -0.385 e. The third kappa shape index (κ3) is 4.36. The second kappa shape index (κ2) is 8.88. The van der Waals surface area contributed by atoms with E-state index >= 15 is 0 Å². The minimum atomic E-state index is -0.388. The highest BCUT2D eigenvalue weighted by Gasteiger charge is 2.41. The van der Waals surface area contributed by atoms with Gasteiger partial charge in [-0.1, -0.05) is 0 Å². The van der Waals surface area contributed by atoms with Gasteiger partial charge >= 0.3 is 0 Å². The molecule has 2 aromatic rings. The number of ether oxygens (including phenoxy) is 2. The quantitative estimate of drug-likeness (QED) is 0.625. The fourth-order valence-electron chi connectivity index (χ4n) is 4.76. The molecule has 1 N–H and O–H groups in total. The van der Waals surface area contributed by atoms with Gasteiger partial charge in [0.15, 0.2) is 0 Å². The van der Waals surface area contributed by atoms with E-state index in [9.17, 15) is 4.79 Å². The maximum Gasteiger partial charge on any atom is 0.253 e. The van der Waals surface area contributed by atoms with E-state index in [0.717, 1.165) is 44.7 Å². The zero-order valence-corrected chi connectivity index (χ0v) is 18.7. The van der Waals surface area contributed by atoms with Crippen molar-refractivity contribution in [1.29, 1.82) is 0 Å². The van der Waals surface area contributed by atoms with E-state index in [1.807, 2.05) is 0 Å². The van der Waals surface area contributed by atoms with E-state index in [2.05, 4.69) is 40.0 Å². The molecule has 1 aliphatic heterocycles. The van der Waals surface area contributed by atoms with Crippen LogP contribution in [0.4, 0.5) is 0 Å². The molecular weight excluding hydrogens is 392 g/mol. The third-order valence-corrected chi connectivity index (χ3v) is 6.77. The Morgan fingerprint density at radius 3 is 2.90 bits per heavy atom. The number of methoxy groups -OCH3 is 1. The summed E-state index contributed by atoms with van der Waals surface area (Å²) in [5, 5.41) is 4.56. The molecular formula is C24H34N4O3. The highest BCUT2D eigenvalue weighted by molar-refractivity contribution is 5.85. The van der Waals surface area contributed by atoms with Crippen molar-refractivity contribution < 1.29 is 14.3 Å². The van der Waals surface area contributed by atoms with E-state index in [1.165, 1.54) is 29.4 Å². The van der Waals surface area contributed by atoms with Crippen LogP contribution in [-0.2, 0) is 20.8 Å². The predicted octanol–water partition coefficient (Wildman–Crippen LogP) is 2.99. The van der Waals surface area contributed by atoms with Crippen LogP contribution < -0.4 is 5.32 Å². The number of hydrogen-bond acceptors (Lipinski definition) is 5. The maximum absolute atomic E-state index is 13.4. The monoisotopic (exact) mass is 426 g/mol. The van der Waals surface area contributed by atoms with Crippen molar-refractivity contribution in [1.82, 2.24) is 19.8 Å². The van der Waals surface area contributed by atoms with E-state index in [4.69, 9.17) is 14.5 Å². The normalized spacial score (nSPS) is 22.6. The van der Waals surface area contributed by atoms with Gasteiger partial charge in [0.1, 0.15) is 6.10 Å². The molecule has 168 valence electrons. The standard InChI is InChI=1S/C24H34N4O3/c1-16(28(18-6-7-18)24(29)22-15-25-9-13-31-22)20-14-21-19(23(26-20)17-4-5-17)8-11-27(21)10-3-12-30-2/h8,11,14,16-18,22,25H,3-7,9-10,12-13,15H2,1-2H3/t16-,22-/m1/s1. The molecule has 2 aromatic heterocycles. The Labute approximate surface area is 184 Å². The zero-order chi connectivity index (χ0) is 21.4. The van der Waals surface area contributed by atoms with E-state index < -0.39 is 0 Å². The first-order valence-corrected chi connectivity index (χ1v) is 11.8. The first kappa shape index (κ1) is 20.9. The Hall–Kier alpha value is -1.96. The summed E-state index contributed by atoms with van der Waals surface area (Å²) in [6, 6.07) is 4.67. The highest BCUT2D eigenvalue weighted by atomic mass is 16.5. The number of nitrogens with one attached hydrogen (secondary N) is 1. The molecule has 3 fully saturated rings. The summed E-state index contributed by atoms with van der Waals surface area (Å²) in [4.78, 5) is 20.6. The first-order chi connectivity index (χ1) is 15.2. The number of pyridine rings is 1. The van der Waals surface area contributed by atoms with Gasteiger partial charge in [-0.2, -0.15) is 0 Å². The molecule has 0 bridgehead atoms. The second-order valence-corrected chi connectivity index (χ2v) is 9.21. The van der Waals surface area contributed by atoms with Gasteiger partial charge in [0, 0.05) is 56.9 Å². The number of aromatic nitrogens is 2. The van der Waals surface area contributed by atoms with Crippen LogP contribution in [0.3, 0.4) is 0 Å². The maximum atomic E-state index is 13.4. The third-order valence-electron chi connectivity index (χ3n) is 6.77. The molecule has 0 radical (unpaired) electrons. The number of carbonyl (C=O) groups excluding carboxylic acids is 1. The summed E-state index contributed by atoms with van der Waals surface area (Å²) in [5.41, 5.74) is 3.45. The molecule has 7 heteroatoms. The lowest BCUT2D eigenvalue weighted by Crippen LogP contribution is -2.50. The molecule has 3 heterocycles. The Kier molecular flexibility index (Phi) is 5.99. The van der Waals surface area contributed by atoms with Crippen LogP contribution >= 0.6 is 0 Å². The van der Waals surface area contributed by atoms with Crippen LogP contribution in [0.5, 0.6) is 0 Å². The van der Waals surface area contributed by atoms with Crippen LogP contribution in [0.1, 0.15) is 62.4 Å². The Balaban J connectivity index is 1.47. The average molecular weight is 427 g/mol. The van der Waals surface area contributed by atoms with Crippen molar-refractivity contribution in [2.45, 2.75) is 69.7 Å². The lowest BCUT2D eigenvalue weighted by atomic mass is 10.1. The topological polar surface area (TPSA) is 68.6 Å². The molecule has 1 saturated heterocycles. The first-order valence-electron chi connectivity index (χ1n) is 11.8. The molecule has 2 saturated carbocycles. The van der Waals surface area contributed by atoms with Gasteiger partial charge in [0.05, 0.1) is 29.6 Å². The number of hydrogen-bond donors (Lipinski definition) is 1. The largest absolute Gasteiger partial charge is 0.385 e. The van der Waals surface area contributed by atoms with Gasteiger partial charge in [0.2, 0.25) is 0 Å². The lowest BCUT2D eigenvalue weighted by molar-refractivity contribution is -0.148. The number of carbonyl (C=O) groups is 1. The van der Waals surface area contributed by atoms with Crippen LogP contribution in [0.15, 0.2) is 18.3 Å². The molecule has 2 aliphatic carbocycles. The molecule has 0 aromatic carbocycles. The number of fused-ring (bicyclic) bond motifs is 1. The minimum absolute atomic E-state index is 0.0604. The zero-order valence-electron chi connectivity index (χ0n) is 18.7. The Morgan fingerprint density at radius 2 is 2.23 bits per heavy atom. The van der Waals surface area contributed by atoms with Crippen molar-refractivity contribution in [2.75, 3.05) is 33.4 Å².